The van der Waals surface area contributed by atoms with E-state index >= 15 is 0 Å². The predicted octanol–water partition coefficient (Wildman–Crippen LogP) is 1.97. The zero-order valence-electron chi connectivity index (χ0n) is 25.7. The maximum atomic E-state index is 13.6. The molecule has 1 aliphatic carbocycles. The Hall–Kier alpha value is -3.83. The van der Waals surface area contributed by atoms with Gasteiger partial charge >= 0.3 is 6.03 Å². The van der Waals surface area contributed by atoms with Crippen LogP contribution in [0.15, 0.2) is 24.4 Å². The van der Waals surface area contributed by atoms with Gasteiger partial charge in [-0.3, -0.25) is 29.0 Å². The lowest BCUT2D eigenvalue weighted by molar-refractivity contribution is -0.143. The lowest BCUT2D eigenvalue weighted by atomic mass is 9.85. The number of rotatable bonds is 10. The number of pyridine rings is 1. The van der Waals surface area contributed by atoms with Crippen molar-refractivity contribution in [3.8, 4) is 0 Å². The van der Waals surface area contributed by atoms with E-state index < -0.39 is 59.1 Å². The van der Waals surface area contributed by atoms with Gasteiger partial charge in [0.2, 0.25) is 23.4 Å². The van der Waals surface area contributed by atoms with Crippen LogP contribution in [-0.2, 0) is 19.2 Å². The molecule has 1 saturated heterocycles. The van der Waals surface area contributed by atoms with Gasteiger partial charge in [0.05, 0.1) is 12.1 Å². The summed E-state index contributed by atoms with van der Waals surface area (Å²) in [6.45, 7) is 12.8. The highest BCUT2D eigenvalue weighted by atomic mass is 16.2. The van der Waals surface area contributed by atoms with E-state index in [0.29, 0.717) is 12.8 Å². The maximum absolute atomic E-state index is 13.6. The fraction of sp³-hybridized carbons (Fsp3) is 0.633. The molecule has 1 aromatic heterocycles. The van der Waals surface area contributed by atoms with Gasteiger partial charge in [-0.25, -0.2) is 4.79 Å². The van der Waals surface area contributed by atoms with Gasteiger partial charge < -0.3 is 26.6 Å². The van der Waals surface area contributed by atoms with Gasteiger partial charge in [0.15, 0.2) is 0 Å². The Morgan fingerprint density at radius 1 is 0.976 bits per heavy atom. The van der Waals surface area contributed by atoms with Gasteiger partial charge in [-0.15, -0.1) is 0 Å². The largest absolute Gasteiger partial charge is 0.363 e. The quantitative estimate of drug-likeness (QED) is 0.239. The van der Waals surface area contributed by atoms with Crippen molar-refractivity contribution in [2.75, 3.05) is 6.54 Å². The van der Waals surface area contributed by atoms with Crippen molar-refractivity contribution in [3.05, 3.63) is 30.1 Å². The first kappa shape index (κ1) is 34.4. The first-order valence-corrected chi connectivity index (χ1v) is 14.5. The molecule has 4 unspecified atom stereocenters. The summed E-state index contributed by atoms with van der Waals surface area (Å²) in [5.41, 5.74) is 4.47. The summed E-state index contributed by atoms with van der Waals surface area (Å²) in [6.07, 6.45) is 5.36. The van der Waals surface area contributed by atoms with Crippen molar-refractivity contribution < 1.29 is 28.8 Å². The molecule has 5 amide bonds. The SMILES string of the molecule is CC(NC(=O)C1CCCN1C(=O)C(NC(=O)NC(C(=O)c1ccccn1)C(C)C)C(C)(C)C)C(=O)C(N)=O.CC1CC1. The van der Waals surface area contributed by atoms with E-state index in [1.54, 1.807) is 52.8 Å². The number of primary amides is 1. The van der Waals surface area contributed by atoms with Crippen LogP contribution in [0.5, 0.6) is 0 Å². The molecule has 1 saturated carbocycles. The smallest absolute Gasteiger partial charge is 0.316 e. The second kappa shape index (κ2) is 14.9. The van der Waals surface area contributed by atoms with E-state index in [9.17, 15) is 28.8 Å². The van der Waals surface area contributed by atoms with Gasteiger partial charge in [0.1, 0.15) is 17.8 Å². The summed E-state index contributed by atoms with van der Waals surface area (Å²) in [4.78, 5) is 80.9. The lowest BCUT2D eigenvalue weighted by Crippen LogP contribution is -2.61. The third-order valence-electron chi connectivity index (χ3n) is 7.24. The zero-order valence-corrected chi connectivity index (χ0v) is 25.7. The number of amides is 5. The van der Waals surface area contributed by atoms with E-state index in [1.807, 2.05) is 0 Å². The van der Waals surface area contributed by atoms with Crippen LogP contribution in [0.25, 0.3) is 0 Å². The highest BCUT2D eigenvalue weighted by Crippen LogP contribution is 2.27. The molecule has 42 heavy (non-hydrogen) atoms. The van der Waals surface area contributed by atoms with Crippen LogP contribution in [0.2, 0.25) is 0 Å². The molecule has 2 aliphatic rings. The Labute approximate surface area is 247 Å². The molecule has 2 heterocycles. The standard InChI is InChI=1S/C26H38N6O6.C4H8/c1-14(2)18(20(34)16-10-7-8-12-28-16)30-25(38)31-21(26(4,5)6)24(37)32-13-9-11-17(32)23(36)29-15(3)19(33)22(27)35;1-4-2-3-4/h7-8,10,12,14-15,17-18,21H,9,11,13H2,1-6H3,(H2,27,35)(H,29,36)(H2,30,31,38);4H,2-3H2,1H3. The molecule has 1 aliphatic heterocycles. The molecule has 12 heteroatoms. The van der Waals surface area contributed by atoms with Crippen LogP contribution in [0, 0.1) is 17.3 Å². The van der Waals surface area contributed by atoms with E-state index in [-0.39, 0.29) is 23.9 Å². The zero-order chi connectivity index (χ0) is 31.8. The summed E-state index contributed by atoms with van der Waals surface area (Å²) in [5, 5.41) is 7.82. The minimum atomic E-state index is -1.17. The first-order valence-electron chi connectivity index (χ1n) is 14.5. The Morgan fingerprint density at radius 3 is 2.07 bits per heavy atom. The molecule has 0 bridgehead atoms. The first-order chi connectivity index (χ1) is 19.5. The second-order valence-corrected chi connectivity index (χ2v) is 12.5. The third-order valence-corrected chi connectivity index (χ3v) is 7.24. The molecule has 4 atom stereocenters. The summed E-state index contributed by atoms with van der Waals surface area (Å²) in [7, 11) is 0. The average molecular weight is 587 g/mol. The molecule has 12 nitrogen and oxygen atoms in total. The minimum absolute atomic E-state index is 0.213. The highest BCUT2D eigenvalue weighted by molar-refractivity contribution is 6.37. The van der Waals surface area contributed by atoms with E-state index in [2.05, 4.69) is 27.9 Å². The number of aromatic nitrogens is 1. The molecule has 3 rings (SSSR count). The lowest BCUT2D eigenvalue weighted by Gasteiger charge is -2.36. The van der Waals surface area contributed by atoms with Crippen LogP contribution in [-0.4, -0.2) is 75.9 Å². The molecular formula is C30H46N6O6. The average Bonchev–Trinajstić information content (AvgIpc) is 3.54. The van der Waals surface area contributed by atoms with Gasteiger partial charge in [-0.1, -0.05) is 60.5 Å². The van der Waals surface area contributed by atoms with Crippen LogP contribution in [0.3, 0.4) is 0 Å². The normalized spacial score (nSPS) is 18.6. The highest BCUT2D eigenvalue weighted by Gasteiger charge is 2.42. The summed E-state index contributed by atoms with van der Waals surface area (Å²) in [5.74, 6) is -2.70. The molecule has 232 valence electrons. The Morgan fingerprint density at radius 2 is 1.60 bits per heavy atom. The van der Waals surface area contributed by atoms with E-state index in [4.69, 9.17) is 5.73 Å². The van der Waals surface area contributed by atoms with Gasteiger partial charge in [-0.05, 0) is 49.1 Å². The summed E-state index contributed by atoms with van der Waals surface area (Å²) < 4.78 is 0. The maximum Gasteiger partial charge on any atom is 0.316 e. The number of nitrogens with zero attached hydrogens (tertiary/aromatic N) is 2. The predicted molar refractivity (Wildman–Crippen MR) is 157 cm³/mol. The number of Topliss-reactive ketones (excluding diaryl/α,β-unsaturated/α-hetero) is 2. The number of nitrogens with one attached hydrogen (secondary N) is 3. The van der Waals surface area contributed by atoms with Crippen molar-refractivity contribution in [2.45, 2.75) is 98.3 Å². The fourth-order valence-electron chi connectivity index (χ4n) is 4.39. The van der Waals surface area contributed by atoms with Crippen LogP contribution in [0.1, 0.15) is 84.6 Å². The number of carbonyl (C=O) groups excluding carboxylic acids is 6. The number of likely N-dealkylation sites (tertiary alicyclic amines) is 1. The van der Waals surface area contributed by atoms with Crippen molar-refractivity contribution in [3.63, 3.8) is 0 Å². The number of hydrogen-bond donors (Lipinski definition) is 4. The van der Waals surface area contributed by atoms with Crippen molar-refractivity contribution in [1.82, 2.24) is 25.8 Å². The second-order valence-electron chi connectivity index (χ2n) is 12.5. The fourth-order valence-corrected chi connectivity index (χ4v) is 4.39. The van der Waals surface area contributed by atoms with Crippen molar-refractivity contribution in [2.24, 2.45) is 23.0 Å². The van der Waals surface area contributed by atoms with Crippen molar-refractivity contribution >= 4 is 35.3 Å². The van der Waals surface area contributed by atoms with Crippen molar-refractivity contribution in [1.29, 1.82) is 0 Å². The van der Waals surface area contributed by atoms with Gasteiger partial charge in [0, 0.05) is 12.7 Å². The van der Waals surface area contributed by atoms with Crippen LogP contribution in [0.4, 0.5) is 4.79 Å². The summed E-state index contributed by atoms with van der Waals surface area (Å²) >= 11 is 0. The molecule has 1 aromatic rings. The number of nitrogens with two attached hydrogens (primary N) is 1. The summed E-state index contributed by atoms with van der Waals surface area (Å²) in [6, 6.07) is 0.298. The van der Waals surface area contributed by atoms with E-state index in [0.717, 1.165) is 5.92 Å². The third kappa shape index (κ3) is 9.92. The molecule has 2 fully saturated rings. The Balaban J connectivity index is 0.00000141. The number of urea groups is 1. The van der Waals surface area contributed by atoms with E-state index in [1.165, 1.54) is 30.9 Å². The molecule has 0 aromatic carbocycles. The number of ketones is 2. The van der Waals surface area contributed by atoms with Gasteiger partial charge in [0.25, 0.3) is 5.91 Å². The topological polar surface area (TPSA) is 181 Å². The molecular weight excluding hydrogens is 540 g/mol. The monoisotopic (exact) mass is 586 g/mol. The molecule has 0 radical (unpaired) electrons. The van der Waals surface area contributed by atoms with Crippen LogP contribution < -0.4 is 21.7 Å². The van der Waals surface area contributed by atoms with Gasteiger partial charge in [-0.2, -0.15) is 0 Å². The number of carbonyl (C=O) groups is 6. The Kier molecular flexibility index (Phi) is 12.2. The molecule has 5 N–H and O–H groups in total. The minimum Gasteiger partial charge on any atom is -0.363 e. The number of hydrogen-bond acceptors (Lipinski definition) is 7. The van der Waals surface area contributed by atoms with Crippen LogP contribution >= 0.6 is 0 Å². The molecule has 0 spiro atoms. The Bertz CT molecular complexity index is 1140.